The zero-order valence-corrected chi connectivity index (χ0v) is 8.39. The molecular formula is C12H16O2. The Bertz CT molecular complexity index is 267. The molecule has 1 aromatic carbocycles. The SMILES string of the molecule is C=C[C@@H](OCc1ccccc1)[C@H](C)O. The zero-order valence-electron chi connectivity index (χ0n) is 8.39. The van der Waals surface area contributed by atoms with Gasteiger partial charge in [-0.05, 0) is 12.5 Å². The Morgan fingerprint density at radius 2 is 2.07 bits per heavy atom. The molecule has 0 heterocycles. The van der Waals surface area contributed by atoms with Crippen molar-refractivity contribution < 1.29 is 9.84 Å². The molecule has 0 aliphatic rings. The minimum atomic E-state index is -0.517. The molecule has 0 amide bonds. The Labute approximate surface area is 84.8 Å². The van der Waals surface area contributed by atoms with Gasteiger partial charge in [-0.15, -0.1) is 6.58 Å². The highest BCUT2D eigenvalue weighted by atomic mass is 16.5. The van der Waals surface area contributed by atoms with Gasteiger partial charge in [-0.1, -0.05) is 36.4 Å². The maximum absolute atomic E-state index is 9.29. The predicted octanol–water partition coefficient (Wildman–Crippen LogP) is 2.14. The second-order valence-corrected chi connectivity index (χ2v) is 3.24. The first-order chi connectivity index (χ1) is 6.74. The number of hydrogen-bond acceptors (Lipinski definition) is 2. The van der Waals surface area contributed by atoms with Crippen LogP contribution in [0.1, 0.15) is 12.5 Å². The quantitative estimate of drug-likeness (QED) is 0.724. The Kier molecular flexibility index (Phi) is 4.36. The highest BCUT2D eigenvalue weighted by Crippen LogP contribution is 2.06. The normalized spacial score (nSPS) is 14.7. The summed E-state index contributed by atoms with van der Waals surface area (Å²) in [6.45, 7) is 5.80. The Morgan fingerprint density at radius 3 is 2.57 bits per heavy atom. The molecule has 0 bridgehead atoms. The van der Waals surface area contributed by atoms with E-state index in [1.165, 1.54) is 0 Å². The van der Waals surface area contributed by atoms with Gasteiger partial charge in [-0.25, -0.2) is 0 Å². The van der Waals surface area contributed by atoms with E-state index in [2.05, 4.69) is 6.58 Å². The summed E-state index contributed by atoms with van der Waals surface area (Å²) in [5.41, 5.74) is 1.10. The van der Waals surface area contributed by atoms with Crippen molar-refractivity contribution in [3.8, 4) is 0 Å². The van der Waals surface area contributed by atoms with E-state index in [0.29, 0.717) is 6.61 Å². The van der Waals surface area contributed by atoms with Gasteiger partial charge < -0.3 is 9.84 Å². The number of benzene rings is 1. The van der Waals surface area contributed by atoms with Crippen LogP contribution < -0.4 is 0 Å². The largest absolute Gasteiger partial charge is 0.390 e. The number of ether oxygens (including phenoxy) is 1. The lowest BCUT2D eigenvalue weighted by Crippen LogP contribution is -2.23. The van der Waals surface area contributed by atoms with Crippen molar-refractivity contribution >= 4 is 0 Å². The molecule has 0 unspecified atom stereocenters. The number of aliphatic hydroxyl groups is 1. The molecule has 2 heteroatoms. The molecule has 0 aliphatic carbocycles. The second kappa shape index (κ2) is 5.58. The lowest BCUT2D eigenvalue weighted by Gasteiger charge is -2.16. The Balaban J connectivity index is 2.43. The van der Waals surface area contributed by atoms with Gasteiger partial charge in [0.2, 0.25) is 0 Å². The average molecular weight is 192 g/mol. The smallest absolute Gasteiger partial charge is 0.101 e. The molecule has 0 saturated heterocycles. The molecule has 1 aromatic rings. The van der Waals surface area contributed by atoms with E-state index in [9.17, 15) is 5.11 Å². The van der Waals surface area contributed by atoms with Crippen LogP contribution in [0.25, 0.3) is 0 Å². The van der Waals surface area contributed by atoms with Crippen molar-refractivity contribution in [2.45, 2.75) is 25.7 Å². The highest BCUT2D eigenvalue weighted by Gasteiger charge is 2.10. The fourth-order valence-electron chi connectivity index (χ4n) is 1.17. The zero-order chi connectivity index (χ0) is 10.4. The summed E-state index contributed by atoms with van der Waals surface area (Å²) in [5, 5.41) is 9.29. The Morgan fingerprint density at radius 1 is 1.43 bits per heavy atom. The summed E-state index contributed by atoms with van der Waals surface area (Å²) in [6.07, 6.45) is 0.805. The first kappa shape index (κ1) is 11.0. The van der Waals surface area contributed by atoms with Crippen LogP contribution in [0.5, 0.6) is 0 Å². The maximum Gasteiger partial charge on any atom is 0.101 e. The monoisotopic (exact) mass is 192 g/mol. The van der Waals surface area contributed by atoms with Gasteiger partial charge in [0.15, 0.2) is 0 Å². The van der Waals surface area contributed by atoms with E-state index < -0.39 is 6.10 Å². The number of aliphatic hydroxyl groups excluding tert-OH is 1. The van der Waals surface area contributed by atoms with Crippen LogP contribution in [0.4, 0.5) is 0 Å². The molecule has 2 atom stereocenters. The van der Waals surface area contributed by atoms with Crippen LogP contribution in [0.3, 0.4) is 0 Å². The molecule has 1 N–H and O–H groups in total. The third-order valence-electron chi connectivity index (χ3n) is 1.99. The lowest BCUT2D eigenvalue weighted by atomic mass is 10.2. The van der Waals surface area contributed by atoms with E-state index in [-0.39, 0.29) is 6.10 Å². The van der Waals surface area contributed by atoms with Crippen molar-refractivity contribution in [1.29, 1.82) is 0 Å². The molecule has 0 radical (unpaired) electrons. The first-order valence-electron chi connectivity index (χ1n) is 4.70. The van der Waals surface area contributed by atoms with Gasteiger partial charge in [0, 0.05) is 0 Å². The molecular weight excluding hydrogens is 176 g/mol. The summed E-state index contributed by atoms with van der Waals surface area (Å²) in [6, 6.07) is 9.86. The molecule has 0 aliphatic heterocycles. The van der Waals surface area contributed by atoms with Crippen LogP contribution in [-0.2, 0) is 11.3 Å². The number of hydrogen-bond donors (Lipinski definition) is 1. The van der Waals surface area contributed by atoms with E-state index >= 15 is 0 Å². The lowest BCUT2D eigenvalue weighted by molar-refractivity contribution is -0.00981. The summed E-state index contributed by atoms with van der Waals surface area (Å²) >= 11 is 0. The van der Waals surface area contributed by atoms with Gasteiger partial charge in [0.05, 0.1) is 12.7 Å². The van der Waals surface area contributed by atoms with Crippen molar-refractivity contribution in [1.82, 2.24) is 0 Å². The highest BCUT2D eigenvalue weighted by molar-refractivity contribution is 5.13. The minimum Gasteiger partial charge on any atom is -0.390 e. The van der Waals surface area contributed by atoms with E-state index in [4.69, 9.17) is 4.74 Å². The fraction of sp³-hybridized carbons (Fsp3) is 0.333. The molecule has 0 saturated carbocycles. The van der Waals surface area contributed by atoms with Crippen molar-refractivity contribution in [3.05, 3.63) is 48.6 Å². The third kappa shape index (κ3) is 3.32. The molecule has 0 spiro atoms. The molecule has 1 rings (SSSR count). The Hall–Kier alpha value is -1.12. The van der Waals surface area contributed by atoms with E-state index in [0.717, 1.165) is 5.56 Å². The minimum absolute atomic E-state index is 0.296. The molecule has 14 heavy (non-hydrogen) atoms. The summed E-state index contributed by atoms with van der Waals surface area (Å²) in [4.78, 5) is 0. The maximum atomic E-state index is 9.29. The third-order valence-corrected chi connectivity index (χ3v) is 1.99. The van der Waals surface area contributed by atoms with Crippen LogP contribution in [-0.4, -0.2) is 17.3 Å². The summed E-state index contributed by atoms with van der Waals surface area (Å²) in [7, 11) is 0. The van der Waals surface area contributed by atoms with Crippen LogP contribution >= 0.6 is 0 Å². The standard InChI is InChI=1S/C12H16O2/c1-3-12(10(2)13)14-9-11-7-5-4-6-8-11/h3-8,10,12-13H,1,9H2,2H3/t10-,12+/m0/s1. The van der Waals surface area contributed by atoms with Crippen molar-refractivity contribution in [2.75, 3.05) is 0 Å². The molecule has 76 valence electrons. The fourth-order valence-corrected chi connectivity index (χ4v) is 1.17. The predicted molar refractivity (Wildman–Crippen MR) is 56.9 cm³/mol. The van der Waals surface area contributed by atoms with Crippen LogP contribution in [0, 0.1) is 0 Å². The second-order valence-electron chi connectivity index (χ2n) is 3.24. The van der Waals surface area contributed by atoms with Crippen molar-refractivity contribution in [3.63, 3.8) is 0 Å². The summed E-state index contributed by atoms with van der Waals surface area (Å²) in [5.74, 6) is 0. The molecule has 0 fully saturated rings. The van der Waals surface area contributed by atoms with Gasteiger partial charge in [-0.2, -0.15) is 0 Å². The molecule has 2 nitrogen and oxygen atoms in total. The van der Waals surface area contributed by atoms with Crippen LogP contribution in [0.2, 0.25) is 0 Å². The topological polar surface area (TPSA) is 29.5 Å². The van der Waals surface area contributed by atoms with E-state index in [1.54, 1.807) is 13.0 Å². The average Bonchev–Trinajstić information content (AvgIpc) is 2.20. The van der Waals surface area contributed by atoms with Gasteiger partial charge in [0.1, 0.15) is 6.10 Å². The summed E-state index contributed by atoms with van der Waals surface area (Å²) < 4.78 is 5.47. The van der Waals surface area contributed by atoms with Crippen molar-refractivity contribution in [2.24, 2.45) is 0 Å². The van der Waals surface area contributed by atoms with Crippen LogP contribution in [0.15, 0.2) is 43.0 Å². The van der Waals surface area contributed by atoms with E-state index in [1.807, 2.05) is 30.3 Å². The first-order valence-corrected chi connectivity index (χ1v) is 4.70. The van der Waals surface area contributed by atoms with Gasteiger partial charge in [0.25, 0.3) is 0 Å². The van der Waals surface area contributed by atoms with Gasteiger partial charge in [-0.3, -0.25) is 0 Å². The molecule has 0 aromatic heterocycles. The van der Waals surface area contributed by atoms with Gasteiger partial charge >= 0.3 is 0 Å². The number of rotatable bonds is 5.